The third-order valence-corrected chi connectivity index (χ3v) is 5.93. The number of rotatable bonds is 9. The second-order valence-electron chi connectivity index (χ2n) is 8.68. The lowest BCUT2D eigenvalue weighted by Crippen LogP contribution is -2.54. The van der Waals surface area contributed by atoms with Crippen molar-refractivity contribution in [2.75, 3.05) is 6.61 Å². The first kappa shape index (κ1) is 26.2. The fourth-order valence-corrected chi connectivity index (χ4v) is 4.02. The van der Waals surface area contributed by atoms with Gasteiger partial charge in [0.05, 0.1) is 4.47 Å². The van der Waals surface area contributed by atoms with Crippen LogP contribution in [0.1, 0.15) is 52.2 Å². The van der Waals surface area contributed by atoms with Gasteiger partial charge in [-0.25, -0.2) is 0 Å². The molecule has 0 spiro atoms. The summed E-state index contributed by atoms with van der Waals surface area (Å²) in [5.74, 6) is 0.0987. The fourth-order valence-electron chi connectivity index (χ4n) is 3.29. The molecule has 0 fully saturated rings. The largest absolute Gasteiger partial charge is 0.483 e. The summed E-state index contributed by atoms with van der Waals surface area (Å²) >= 11 is 9.86. The molecule has 5 nitrogen and oxygen atoms in total. The fraction of sp³-hybridized carbons (Fsp3) is 0.440. The average Bonchev–Trinajstić information content (AvgIpc) is 2.72. The van der Waals surface area contributed by atoms with Crippen LogP contribution in [0.4, 0.5) is 0 Å². The quantitative estimate of drug-likeness (QED) is 0.454. The van der Waals surface area contributed by atoms with Gasteiger partial charge < -0.3 is 15.0 Å². The van der Waals surface area contributed by atoms with Crippen molar-refractivity contribution in [1.29, 1.82) is 0 Å². The van der Waals surface area contributed by atoms with Gasteiger partial charge in [0, 0.05) is 17.1 Å². The normalized spacial score (nSPS) is 12.2. The Kier molecular flexibility index (Phi) is 9.59. The molecule has 2 amide bonds. The molecule has 0 radical (unpaired) electrons. The van der Waals surface area contributed by atoms with Crippen molar-refractivity contribution in [3.63, 3.8) is 0 Å². The van der Waals surface area contributed by atoms with Crippen molar-refractivity contribution in [2.45, 2.75) is 65.6 Å². The van der Waals surface area contributed by atoms with Gasteiger partial charge in [-0.2, -0.15) is 0 Å². The maximum absolute atomic E-state index is 13.3. The molecule has 2 aromatic carbocycles. The summed E-state index contributed by atoms with van der Waals surface area (Å²) in [5.41, 5.74) is 1.53. The van der Waals surface area contributed by atoms with E-state index >= 15 is 0 Å². The summed E-state index contributed by atoms with van der Waals surface area (Å²) in [7, 11) is 0. The minimum atomic E-state index is -0.646. The van der Waals surface area contributed by atoms with E-state index in [1.54, 1.807) is 11.0 Å². The van der Waals surface area contributed by atoms with Gasteiger partial charge >= 0.3 is 0 Å². The van der Waals surface area contributed by atoms with E-state index in [0.717, 1.165) is 16.5 Å². The van der Waals surface area contributed by atoms with Gasteiger partial charge in [0.25, 0.3) is 5.91 Å². The Morgan fingerprint density at radius 1 is 1.16 bits per heavy atom. The first-order chi connectivity index (χ1) is 15.1. The molecule has 1 N–H and O–H groups in total. The lowest BCUT2D eigenvalue weighted by Gasteiger charge is -2.33. The lowest BCUT2D eigenvalue weighted by molar-refractivity contribution is -0.143. The molecule has 0 aliphatic heterocycles. The molecule has 0 aromatic heterocycles. The number of amides is 2. The van der Waals surface area contributed by atoms with Crippen LogP contribution in [0.5, 0.6) is 5.75 Å². The molecule has 0 aliphatic carbocycles. The van der Waals surface area contributed by atoms with E-state index in [0.29, 0.717) is 17.2 Å². The molecular weight excluding hydrogens is 492 g/mol. The molecule has 0 bridgehead atoms. The van der Waals surface area contributed by atoms with Crippen molar-refractivity contribution < 1.29 is 14.3 Å². The van der Waals surface area contributed by atoms with Gasteiger partial charge in [-0.05, 0) is 78.9 Å². The molecule has 0 unspecified atom stereocenters. The van der Waals surface area contributed by atoms with Gasteiger partial charge in [-0.15, -0.1) is 0 Å². The minimum Gasteiger partial charge on any atom is -0.483 e. The Balaban J connectivity index is 2.26. The maximum Gasteiger partial charge on any atom is 0.261 e. The summed E-state index contributed by atoms with van der Waals surface area (Å²) in [6, 6.07) is 12.5. The van der Waals surface area contributed by atoms with E-state index in [1.165, 1.54) is 5.56 Å². The van der Waals surface area contributed by atoms with Crippen LogP contribution >= 0.6 is 27.5 Å². The zero-order chi connectivity index (χ0) is 23.9. The monoisotopic (exact) mass is 522 g/mol. The Hall–Kier alpha value is -2.05. The second-order valence-corrected chi connectivity index (χ2v) is 9.94. The van der Waals surface area contributed by atoms with Gasteiger partial charge in [0.15, 0.2) is 6.61 Å². The highest BCUT2D eigenvalue weighted by Gasteiger charge is 2.31. The van der Waals surface area contributed by atoms with E-state index in [1.807, 2.05) is 64.1 Å². The van der Waals surface area contributed by atoms with Gasteiger partial charge in [0.2, 0.25) is 5.91 Å². The van der Waals surface area contributed by atoms with Crippen LogP contribution in [0.3, 0.4) is 0 Å². The molecule has 1 atom stereocenters. The molecule has 2 aromatic rings. The maximum atomic E-state index is 13.3. The zero-order valence-corrected chi connectivity index (χ0v) is 21.7. The summed E-state index contributed by atoms with van der Waals surface area (Å²) in [6.45, 7) is 9.74. The van der Waals surface area contributed by atoms with Crippen LogP contribution in [0, 0.1) is 0 Å². The number of aryl methyl sites for hydroxylation is 1. The number of nitrogens with zero attached hydrogens (tertiary/aromatic N) is 1. The van der Waals surface area contributed by atoms with Crippen molar-refractivity contribution in [2.24, 2.45) is 0 Å². The Labute approximate surface area is 204 Å². The average molecular weight is 524 g/mol. The standard InChI is InChI=1S/C25H32BrClN2O3/c1-6-17-12-13-22(19(26)14-17)32-16-23(30)29(15-18-10-8-9-11-20(18)27)21(7-2)24(31)28-25(3,4)5/h8-14,21H,6-7,15-16H2,1-5H3,(H,28,31)/t21-/m0/s1. The first-order valence-corrected chi connectivity index (χ1v) is 12.0. The number of hydrogen-bond donors (Lipinski definition) is 1. The summed E-state index contributed by atoms with van der Waals surface area (Å²) < 4.78 is 6.61. The third-order valence-electron chi connectivity index (χ3n) is 4.94. The van der Waals surface area contributed by atoms with Gasteiger partial charge in [0.1, 0.15) is 11.8 Å². The van der Waals surface area contributed by atoms with E-state index in [9.17, 15) is 9.59 Å². The zero-order valence-electron chi connectivity index (χ0n) is 19.4. The van der Waals surface area contributed by atoms with Crippen LogP contribution in [0.15, 0.2) is 46.9 Å². The molecule has 2 rings (SSSR count). The number of carbonyl (C=O) groups excluding carboxylic acids is 2. The molecule has 7 heteroatoms. The first-order valence-electron chi connectivity index (χ1n) is 10.8. The summed E-state index contributed by atoms with van der Waals surface area (Å²) in [4.78, 5) is 27.9. The number of halogens is 2. The van der Waals surface area contributed by atoms with E-state index in [4.69, 9.17) is 16.3 Å². The highest BCUT2D eigenvalue weighted by Crippen LogP contribution is 2.27. The molecule has 0 saturated heterocycles. The summed E-state index contributed by atoms with van der Waals surface area (Å²) in [5, 5.41) is 3.54. The number of ether oxygens (including phenoxy) is 1. The van der Waals surface area contributed by atoms with Gasteiger partial charge in [-0.3, -0.25) is 9.59 Å². The van der Waals surface area contributed by atoms with Gasteiger partial charge in [-0.1, -0.05) is 49.7 Å². The molecule has 0 heterocycles. The highest BCUT2D eigenvalue weighted by molar-refractivity contribution is 9.10. The number of benzene rings is 2. The predicted molar refractivity (Wildman–Crippen MR) is 133 cm³/mol. The topological polar surface area (TPSA) is 58.6 Å². The van der Waals surface area contributed by atoms with Crippen LogP contribution in [-0.4, -0.2) is 34.9 Å². The van der Waals surface area contributed by atoms with Crippen molar-refractivity contribution in [1.82, 2.24) is 10.2 Å². The van der Waals surface area contributed by atoms with Crippen molar-refractivity contribution in [3.8, 4) is 5.75 Å². The molecule has 32 heavy (non-hydrogen) atoms. The predicted octanol–water partition coefficient (Wildman–Crippen LogP) is 5.77. The van der Waals surface area contributed by atoms with Crippen LogP contribution in [0.2, 0.25) is 5.02 Å². The minimum absolute atomic E-state index is 0.187. The molecule has 0 saturated carbocycles. The van der Waals surface area contributed by atoms with Crippen LogP contribution < -0.4 is 10.1 Å². The Morgan fingerprint density at radius 2 is 1.84 bits per heavy atom. The van der Waals surface area contributed by atoms with Crippen molar-refractivity contribution >= 4 is 39.3 Å². The Morgan fingerprint density at radius 3 is 2.41 bits per heavy atom. The van der Waals surface area contributed by atoms with Crippen LogP contribution in [0.25, 0.3) is 0 Å². The number of nitrogens with one attached hydrogen (secondary N) is 1. The number of carbonyl (C=O) groups is 2. The molecular formula is C25H32BrClN2O3. The van der Waals surface area contributed by atoms with Crippen LogP contribution in [-0.2, 0) is 22.6 Å². The number of hydrogen-bond acceptors (Lipinski definition) is 3. The highest BCUT2D eigenvalue weighted by atomic mass is 79.9. The second kappa shape index (κ2) is 11.7. The van der Waals surface area contributed by atoms with Crippen molar-refractivity contribution in [3.05, 3.63) is 63.1 Å². The smallest absolute Gasteiger partial charge is 0.261 e. The Bertz CT molecular complexity index is 943. The van der Waals surface area contributed by atoms with E-state index in [2.05, 4.69) is 28.2 Å². The SMILES string of the molecule is CCc1ccc(OCC(=O)N(Cc2ccccc2Cl)[C@@H](CC)C(=O)NC(C)(C)C)c(Br)c1. The van der Waals surface area contributed by atoms with E-state index in [-0.39, 0.29) is 25.0 Å². The molecule has 174 valence electrons. The lowest BCUT2D eigenvalue weighted by atomic mass is 10.1. The summed E-state index contributed by atoms with van der Waals surface area (Å²) in [6.07, 6.45) is 1.37. The third kappa shape index (κ3) is 7.52. The van der Waals surface area contributed by atoms with E-state index < -0.39 is 11.6 Å². The molecule has 0 aliphatic rings.